The molecule has 0 unspecified atom stereocenters. The van der Waals surface area contributed by atoms with E-state index < -0.39 is 5.66 Å². The SMILES string of the molecule is C=CCN1c2ccccc2N(CC=C)C1(CC=C)c1nc2ccccc2n1CC=C. The van der Waals surface area contributed by atoms with E-state index in [4.69, 9.17) is 4.98 Å². The van der Waals surface area contributed by atoms with Crippen molar-refractivity contribution >= 4 is 22.4 Å². The van der Waals surface area contributed by atoms with Crippen LogP contribution in [0.5, 0.6) is 0 Å². The first kappa shape index (κ1) is 19.8. The lowest BCUT2D eigenvalue weighted by atomic mass is 10.0. The number of benzene rings is 2. The Morgan fingerprint density at radius 3 is 1.87 bits per heavy atom. The molecule has 152 valence electrons. The fourth-order valence-corrected chi connectivity index (χ4v) is 4.67. The van der Waals surface area contributed by atoms with Crippen LogP contribution in [-0.4, -0.2) is 22.6 Å². The first-order valence-corrected chi connectivity index (χ1v) is 10.3. The van der Waals surface area contributed by atoms with Crippen LogP contribution in [0.15, 0.2) is 99.2 Å². The van der Waals surface area contributed by atoms with Crippen LogP contribution in [-0.2, 0) is 12.2 Å². The lowest BCUT2D eigenvalue weighted by Gasteiger charge is -2.44. The lowest BCUT2D eigenvalue weighted by Crippen LogP contribution is -2.56. The van der Waals surface area contributed by atoms with Crippen molar-refractivity contribution in [1.82, 2.24) is 9.55 Å². The fraction of sp³-hybridized carbons (Fsp3) is 0.192. The molecule has 1 aromatic heterocycles. The molecule has 30 heavy (non-hydrogen) atoms. The van der Waals surface area contributed by atoms with Gasteiger partial charge in [0.2, 0.25) is 0 Å². The molecule has 0 atom stereocenters. The van der Waals surface area contributed by atoms with Crippen LogP contribution in [0.2, 0.25) is 0 Å². The quantitative estimate of drug-likeness (QED) is 0.437. The van der Waals surface area contributed by atoms with Gasteiger partial charge in [0, 0.05) is 26.1 Å². The summed E-state index contributed by atoms with van der Waals surface area (Å²) in [6.45, 7) is 18.2. The minimum absolute atomic E-state index is 0.546. The van der Waals surface area contributed by atoms with Gasteiger partial charge in [-0.05, 0) is 24.3 Å². The van der Waals surface area contributed by atoms with Gasteiger partial charge in [-0.3, -0.25) is 0 Å². The first-order valence-electron chi connectivity index (χ1n) is 10.3. The molecule has 4 rings (SSSR count). The minimum atomic E-state index is -0.546. The Morgan fingerprint density at radius 2 is 1.30 bits per heavy atom. The molecule has 1 aliphatic rings. The molecular formula is C26H28N4. The van der Waals surface area contributed by atoms with Crippen molar-refractivity contribution in [2.75, 3.05) is 22.9 Å². The molecule has 3 aromatic rings. The van der Waals surface area contributed by atoms with Crippen LogP contribution in [0.1, 0.15) is 12.2 Å². The second-order valence-corrected chi connectivity index (χ2v) is 7.42. The number of imidazole rings is 1. The predicted molar refractivity (Wildman–Crippen MR) is 128 cm³/mol. The first-order chi connectivity index (χ1) is 14.7. The van der Waals surface area contributed by atoms with Gasteiger partial charge in [-0.1, -0.05) is 48.6 Å². The van der Waals surface area contributed by atoms with E-state index in [9.17, 15) is 0 Å². The summed E-state index contributed by atoms with van der Waals surface area (Å²) in [4.78, 5) is 9.95. The number of nitrogens with zero attached hydrogens (tertiary/aromatic N) is 4. The molecule has 0 radical (unpaired) electrons. The van der Waals surface area contributed by atoms with E-state index >= 15 is 0 Å². The van der Waals surface area contributed by atoms with Crippen LogP contribution in [0.4, 0.5) is 11.4 Å². The summed E-state index contributed by atoms with van der Waals surface area (Å²) >= 11 is 0. The number of hydrogen-bond acceptors (Lipinski definition) is 3. The molecule has 0 saturated heterocycles. The molecule has 0 N–H and O–H groups in total. The number of rotatable bonds is 9. The van der Waals surface area contributed by atoms with E-state index in [-0.39, 0.29) is 0 Å². The van der Waals surface area contributed by atoms with Gasteiger partial charge < -0.3 is 14.4 Å². The summed E-state index contributed by atoms with van der Waals surface area (Å²) in [7, 11) is 0. The number of aromatic nitrogens is 2. The number of para-hydroxylation sites is 4. The summed E-state index contributed by atoms with van der Waals surface area (Å²) in [5.41, 5.74) is 3.86. The molecule has 0 amide bonds. The monoisotopic (exact) mass is 396 g/mol. The van der Waals surface area contributed by atoms with Crippen molar-refractivity contribution in [3.8, 4) is 0 Å². The molecule has 0 spiro atoms. The maximum atomic E-state index is 5.17. The van der Waals surface area contributed by atoms with Crippen molar-refractivity contribution < 1.29 is 0 Å². The summed E-state index contributed by atoms with van der Waals surface area (Å²) < 4.78 is 2.27. The number of allylic oxidation sites excluding steroid dienone is 1. The van der Waals surface area contributed by atoms with Gasteiger partial charge in [0.15, 0.2) is 11.5 Å². The zero-order chi connectivity index (χ0) is 21.1. The molecular weight excluding hydrogens is 368 g/mol. The smallest absolute Gasteiger partial charge is 0.177 e. The molecule has 0 fully saturated rings. The Bertz CT molecular complexity index is 1070. The Morgan fingerprint density at radius 1 is 0.733 bits per heavy atom. The van der Waals surface area contributed by atoms with E-state index in [1.807, 2.05) is 30.4 Å². The highest BCUT2D eigenvalue weighted by atomic mass is 15.5. The van der Waals surface area contributed by atoms with Crippen molar-refractivity contribution in [2.24, 2.45) is 0 Å². The van der Waals surface area contributed by atoms with Crippen molar-refractivity contribution in [2.45, 2.75) is 18.6 Å². The van der Waals surface area contributed by atoms with Crippen LogP contribution in [0.3, 0.4) is 0 Å². The highest BCUT2D eigenvalue weighted by Gasteiger charge is 2.52. The predicted octanol–water partition coefficient (Wildman–Crippen LogP) is 5.65. The second-order valence-electron chi connectivity index (χ2n) is 7.42. The largest absolute Gasteiger partial charge is 0.337 e. The summed E-state index contributed by atoms with van der Waals surface area (Å²) in [5.74, 6) is 0.975. The van der Waals surface area contributed by atoms with E-state index in [1.165, 1.54) is 11.4 Å². The van der Waals surface area contributed by atoms with Gasteiger partial charge in [0.1, 0.15) is 0 Å². The number of fused-ring (bicyclic) bond motifs is 2. The average molecular weight is 397 g/mol. The topological polar surface area (TPSA) is 24.3 Å². The third-order valence-corrected chi connectivity index (χ3v) is 5.73. The summed E-state index contributed by atoms with van der Waals surface area (Å²) in [6.07, 6.45) is 8.51. The number of anilines is 2. The van der Waals surface area contributed by atoms with Crippen molar-refractivity contribution in [3.63, 3.8) is 0 Å². The van der Waals surface area contributed by atoms with E-state index in [0.717, 1.165) is 16.9 Å². The maximum Gasteiger partial charge on any atom is 0.177 e. The lowest BCUT2D eigenvalue weighted by molar-refractivity contribution is 0.381. The van der Waals surface area contributed by atoms with Crippen LogP contribution in [0, 0.1) is 0 Å². The molecule has 1 aliphatic heterocycles. The highest BCUT2D eigenvalue weighted by Crippen LogP contribution is 2.52. The van der Waals surface area contributed by atoms with Gasteiger partial charge in [-0.15, -0.1) is 26.3 Å². The highest BCUT2D eigenvalue weighted by molar-refractivity contribution is 5.82. The Balaban J connectivity index is 2.08. The Kier molecular flexibility index (Phi) is 5.32. The van der Waals surface area contributed by atoms with Crippen LogP contribution < -0.4 is 9.80 Å². The van der Waals surface area contributed by atoms with Gasteiger partial charge >= 0.3 is 0 Å². The molecule has 0 saturated carbocycles. The van der Waals surface area contributed by atoms with Crippen LogP contribution in [0.25, 0.3) is 11.0 Å². The minimum Gasteiger partial charge on any atom is -0.337 e. The summed E-state index contributed by atoms with van der Waals surface area (Å²) in [6, 6.07) is 16.8. The van der Waals surface area contributed by atoms with Gasteiger partial charge in [0.05, 0.1) is 22.4 Å². The van der Waals surface area contributed by atoms with E-state index in [2.05, 4.69) is 83.1 Å². The van der Waals surface area contributed by atoms with Crippen LogP contribution >= 0.6 is 0 Å². The van der Waals surface area contributed by atoms with Crippen molar-refractivity contribution in [1.29, 1.82) is 0 Å². The normalized spacial score (nSPS) is 14.5. The van der Waals surface area contributed by atoms with Gasteiger partial charge in [-0.25, -0.2) is 4.98 Å². The standard InChI is InChI=1S/C26H28N4/c1-5-17-26(25-27-21-13-9-10-14-22(21)28(25)18-6-2)29(19-7-3)23-15-11-12-16-24(23)30(26)20-8-4/h5-16H,1-4,17-20H2. The molecule has 0 bridgehead atoms. The fourth-order valence-electron chi connectivity index (χ4n) is 4.67. The number of hydrogen-bond donors (Lipinski definition) is 0. The van der Waals surface area contributed by atoms with Gasteiger partial charge in [0.25, 0.3) is 0 Å². The van der Waals surface area contributed by atoms with Crippen molar-refractivity contribution in [3.05, 3.63) is 105 Å². The van der Waals surface area contributed by atoms with E-state index in [1.54, 1.807) is 0 Å². The summed E-state index contributed by atoms with van der Waals surface area (Å²) in [5, 5.41) is 0. The third kappa shape index (κ3) is 2.79. The molecule has 2 aromatic carbocycles. The molecule has 2 heterocycles. The average Bonchev–Trinajstić information content (AvgIpc) is 3.25. The van der Waals surface area contributed by atoms with Gasteiger partial charge in [-0.2, -0.15) is 0 Å². The molecule has 4 nitrogen and oxygen atoms in total. The molecule has 4 heteroatoms. The second kappa shape index (κ2) is 8.07. The third-order valence-electron chi connectivity index (χ3n) is 5.73. The Labute approximate surface area is 178 Å². The zero-order valence-electron chi connectivity index (χ0n) is 17.4. The van der Waals surface area contributed by atoms with E-state index in [0.29, 0.717) is 26.1 Å². The zero-order valence-corrected chi connectivity index (χ0v) is 17.4. The maximum absolute atomic E-state index is 5.17. The molecule has 0 aliphatic carbocycles. The Hall–Kier alpha value is -3.53.